The number of anilines is 1. The number of hydrogen-bond donors (Lipinski definition) is 2. The van der Waals surface area contributed by atoms with Crippen LogP contribution in [0.1, 0.15) is 26.2 Å². The van der Waals surface area contributed by atoms with E-state index in [0.29, 0.717) is 12.0 Å². The number of ether oxygens (including phenoxy) is 1. The predicted octanol–water partition coefficient (Wildman–Crippen LogP) is 2.61. The molecule has 18 heavy (non-hydrogen) atoms. The van der Waals surface area contributed by atoms with Crippen molar-refractivity contribution in [2.45, 2.75) is 32.2 Å². The van der Waals surface area contributed by atoms with Gasteiger partial charge in [0.2, 0.25) is 0 Å². The first-order chi connectivity index (χ1) is 8.74. The second-order valence-corrected chi connectivity index (χ2v) is 4.69. The lowest BCUT2D eigenvalue weighted by atomic mass is 10.2. The van der Waals surface area contributed by atoms with Crippen LogP contribution < -0.4 is 15.8 Å². The number of hydrogen-bond acceptors (Lipinski definition) is 2. The molecule has 1 aliphatic rings. The highest BCUT2D eigenvalue weighted by atomic mass is 16.5. The number of nitrogens with one attached hydrogen (secondary N) is 1. The second-order valence-electron chi connectivity index (χ2n) is 4.69. The van der Waals surface area contributed by atoms with E-state index < -0.39 is 0 Å². The molecule has 2 unspecified atom stereocenters. The zero-order valence-electron chi connectivity index (χ0n) is 11.0. The molecular formula is C14H21N3O. The fourth-order valence-corrected chi connectivity index (χ4v) is 2.17. The number of aliphatic imine (C=N–C) groups is 1. The van der Waals surface area contributed by atoms with Gasteiger partial charge in [0.05, 0.1) is 18.8 Å². The number of nitrogens with zero attached hydrogens (tertiary/aromatic N) is 1. The zero-order chi connectivity index (χ0) is 13.0. The van der Waals surface area contributed by atoms with Gasteiger partial charge in [0, 0.05) is 0 Å². The number of nitrogens with two attached hydrogens (primary N) is 1. The van der Waals surface area contributed by atoms with Gasteiger partial charge in [-0.3, -0.25) is 0 Å². The summed E-state index contributed by atoms with van der Waals surface area (Å²) in [4.78, 5) is 4.49. The Kier molecular flexibility index (Phi) is 4.07. The Balaban J connectivity index is 1.95. The van der Waals surface area contributed by atoms with Gasteiger partial charge in [-0.15, -0.1) is 0 Å². The van der Waals surface area contributed by atoms with Crippen LogP contribution in [0.5, 0.6) is 5.75 Å². The van der Waals surface area contributed by atoms with Crippen molar-refractivity contribution in [3.05, 3.63) is 24.3 Å². The minimum absolute atomic E-state index is 0.409. The van der Waals surface area contributed by atoms with Crippen molar-refractivity contribution in [3.8, 4) is 5.75 Å². The Morgan fingerprint density at radius 1 is 1.50 bits per heavy atom. The monoisotopic (exact) mass is 247 g/mol. The first-order valence-electron chi connectivity index (χ1n) is 6.48. The molecule has 0 bridgehead atoms. The van der Waals surface area contributed by atoms with E-state index in [9.17, 15) is 0 Å². The molecule has 0 radical (unpaired) electrons. The van der Waals surface area contributed by atoms with Gasteiger partial charge in [0.25, 0.3) is 0 Å². The van der Waals surface area contributed by atoms with Gasteiger partial charge in [-0.1, -0.05) is 25.5 Å². The third-order valence-electron chi connectivity index (χ3n) is 3.22. The molecule has 1 fully saturated rings. The van der Waals surface area contributed by atoms with Crippen LogP contribution in [0.3, 0.4) is 0 Å². The molecule has 0 saturated heterocycles. The normalized spacial score (nSPS) is 22.7. The largest absolute Gasteiger partial charge is 0.495 e. The molecule has 4 nitrogen and oxygen atoms in total. The van der Waals surface area contributed by atoms with Crippen molar-refractivity contribution in [2.24, 2.45) is 16.6 Å². The maximum absolute atomic E-state index is 5.91. The van der Waals surface area contributed by atoms with Crippen molar-refractivity contribution < 1.29 is 4.74 Å². The van der Waals surface area contributed by atoms with Crippen molar-refractivity contribution in [1.29, 1.82) is 0 Å². The Bertz CT molecular complexity index is 431. The predicted molar refractivity (Wildman–Crippen MR) is 75.0 cm³/mol. The van der Waals surface area contributed by atoms with Crippen molar-refractivity contribution in [1.82, 2.24) is 0 Å². The first kappa shape index (κ1) is 12.7. The topological polar surface area (TPSA) is 59.6 Å². The average molecular weight is 247 g/mol. The van der Waals surface area contributed by atoms with Crippen LogP contribution >= 0.6 is 0 Å². The Labute approximate surface area is 108 Å². The molecular weight excluding hydrogens is 226 g/mol. The molecule has 2 rings (SSSR count). The Morgan fingerprint density at radius 2 is 2.28 bits per heavy atom. The smallest absolute Gasteiger partial charge is 0.193 e. The number of benzene rings is 1. The van der Waals surface area contributed by atoms with Crippen LogP contribution in [-0.4, -0.2) is 19.1 Å². The van der Waals surface area contributed by atoms with E-state index >= 15 is 0 Å². The van der Waals surface area contributed by atoms with Gasteiger partial charge < -0.3 is 15.8 Å². The third kappa shape index (κ3) is 3.15. The van der Waals surface area contributed by atoms with Gasteiger partial charge >= 0.3 is 0 Å². The second kappa shape index (κ2) is 5.76. The highest BCUT2D eigenvalue weighted by Crippen LogP contribution is 2.37. The molecule has 1 aromatic rings. The van der Waals surface area contributed by atoms with Crippen molar-refractivity contribution >= 4 is 11.6 Å². The molecule has 3 N–H and O–H groups in total. The summed E-state index contributed by atoms with van der Waals surface area (Å²) in [5.41, 5.74) is 6.77. The highest BCUT2D eigenvalue weighted by Gasteiger charge is 2.36. The molecule has 0 amide bonds. The van der Waals surface area contributed by atoms with Crippen LogP contribution in [0.25, 0.3) is 0 Å². The van der Waals surface area contributed by atoms with Gasteiger partial charge in [-0.05, 0) is 30.9 Å². The summed E-state index contributed by atoms with van der Waals surface area (Å²) in [5, 5.41) is 3.10. The van der Waals surface area contributed by atoms with Crippen molar-refractivity contribution in [2.75, 3.05) is 12.4 Å². The molecule has 98 valence electrons. The molecule has 0 spiro atoms. The molecule has 4 heteroatoms. The Morgan fingerprint density at radius 3 is 3.00 bits per heavy atom. The number of guanidine groups is 1. The van der Waals surface area contributed by atoms with Gasteiger partial charge in [0.1, 0.15) is 5.75 Å². The molecule has 0 aliphatic heterocycles. The lowest BCUT2D eigenvalue weighted by Crippen LogP contribution is -2.23. The summed E-state index contributed by atoms with van der Waals surface area (Å²) in [5.74, 6) is 1.98. The van der Waals surface area contributed by atoms with Gasteiger partial charge in [0.15, 0.2) is 5.96 Å². The molecule has 1 saturated carbocycles. The number of methoxy groups -OCH3 is 1. The van der Waals surface area contributed by atoms with E-state index in [-0.39, 0.29) is 0 Å². The summed E-state index contributed by atoms with van der Waals surface area (Å²) in [7, 11) is 1.64. The molecule has 0 heterocycles. The fourth-order valence-electron chi connectivity index (χ4n) is 2.17. The van der Waals surface area contributed by atoms with E-state index in [1.165, 1.54) is 19.3 Å². The summed E-state index contributed by atoms with van der Waals surface area (Å²) >= 11 is 0. The standard InChI is InChI=1S/C14H21N3O/c1-3-6-10-9-12(10)17-14(15)16-11-7-4-5-8-13(11)18-2/h4-5,7-8,10,12H,3,6,9H2,1-2H3,(H3,15,16,17). The third-order valence-corrected chi connectivity index (χ3v) is 3.22. The lowest BCUT2D eigenvalue weighted by molar-refractivity contribution is 0.417. The van der Waals surface area contributed by atoms with E-state index in [2.05, 4.69) is 17.2 Å². The van der Waals surface area contributed by atoms with Crippen LogP contribution in [0.2, 0.25) is 0 Å². The van der Waals surface area contributed by atoms with Crippen LogP contribution in [-0.2, 0) is 0 Å². The van der Waals surface area contributed by atoms with Gasteiger partial charge in [-0.25, -0.2) is 4.99 Å². The number of rotatable bonds is 5. The summed E-state index contributed by atoms with van der Waals surface area (Å²) in [6, 6.07) is 8.10. The van der Waals surface area contributed by atoms with Crippen LogP contribution in [0, 0.1) is 5.92 Å². The average Bonchev–Trinajstić information content (AvgIpc) is 3.08. The molecule has 1 aromatic carbocycles. The summed E-state index contributed by atoms with van der Waals surface area (Å²) in [6.07, 6.45) is 3.63. The van der Waals surface area contributed by atoms with E-state index in [4.69, 9.17) is 10.5 Å². The number of para-hydroxylation sites is 2. The zero-order valence-corrected chi connectivity index (χ0v) is 11.0. The van der Waals surface area contributed by atoms with E-state index in [0.717, 1.165) is 17.4 Å². The van der Waals surface area contributed by atoms with Crippen LogP contribution in [0.4, 0.5) is 5.69 Å². The lowest BCUT2D eigenvalue weighted by Gasteiger charge is -2.09. The Hall–Kier alpha value is -1.71. The maximum Gasteiger partial charge on any atom is 0.193 e. The summed E-state index contributed by atoms with van der Waals surface area (Å²) < 4.78 is 5.25. The minimum Gasteiger partial charge on any atom is -0.495 e. The molecule has 2 atom stereocenters. The SMILES string of the molecule is CCCC1CC1N=C(N)Nc1ccccc1OC. The summed E-state index contributed by atoms with van der Waals surface area (Å²) in [6.45, 7) is 2.20. The van der Waals surface area contributed by atoms with E-state index in [1.54, 1.807) is 7.11 Å². The van der Waals surface area contributed by atoms with Crippen LogP contribution in [0.15, 0.2) is 29.3 Å². The fraction of sp³-hybridized carbons (Fsp3) is 0.500. The minimum atomic E-state index is 0.409. The van der Waals surface area contributed by atoms with E-state index in [1.807, 2.05) is 24.3 Å². The molecule has 1 aliphatic carbocycles. The highest BCUT2D eigenvalue weighted by molar-refractivity contribution is 5.93. The maximum atomic E-state index is 5.91. The van der Waals surface area contributed by atoms with Crippen molar-refractivity contribution in [3.63, 3.8) is 0 Å². The first-order valence-corrected chi connectivity index (χ1v) is 6.48. The quantitative estimate of drug-likeness (QED) is 0.621. The van der Waals surface area contributed by atoms with Gasteiger partial charge in [-0.2, -0.15) is 0 Å². The molecule has 0 aromatic heterocycles.